The van der Waals surface area contributed by atoms with E-state index in [2.05, 4.69) is 15.5 Å². The van der Waals surface area contributed by atoms with Gasteiger partial charge in [0.25, 0.3) is 11.5 Å². The average molecular weight is 321 g/mol. The fourth-order valence-electron chi connectivity index (χ4n) is 2.64. The highest BCUT2D eigenvalue weighted by Gasteiger charge is 2.28. The summed E-state index contributed by atoms with van der Waals surface area (Å²) in [6.07, 6.45) is 0.558. The van der Waals surface area contributed by atoms with Crippen molar-refractivity contribution in [3.05, 3.63) is 40.3 Å². The third-order valence-electron chi connectivity index (χ3n) is 3.79. The zero-order valence-corrected chi connectivity index (χ0v) is 12.5. The van der Waals surface area contributed by atoms with Crippen LogP contribution in [0, 0.1) is 5.92 Å². The van der Waals surface area contributed by atoms with Crippen molar-refractivity contribution < 1.29 is 13.2 Å². The van der Waals surface area contributed by atoms with Crippen molar-refractivity contribution in [2.45, 2.75) is 6.42 Å². The predicted octanol–water partition coefficient (Wildman–Crippen LogP) is 0.0876. The lowest BCUT2D eigenvalue weighted by Gasteiger charge is -2.10. The second-order valence-electron chi connectivity index (χ2n) is 5.43. The van der Waals surface area contributed by atoms with Gasteiger partial charge in [0.1, 0.15) is 0 Å². The first-order chi connectivity index (χ1) is 10.5. The molecular weight excluding hydrogens is 306 g/mol. The summed E-state index contributed by atoms with van der Waals surface area (Å²) in [5, 5.41) is 9.69. The van der Waals surface area contributed by atoms with Crippen LogP contribution >= 0.6 is 0 Å². The number of benzene rings is 1. The zero-order valence-electron chi connectivity index (χ0n) is 11.7. The molecule has 2 N–H and O–H groups in total. The molecule has 7 nitrogen and oxygen atoms in total. The molecule has 1 aromatic carbocycles. The van der Waals surface area contributed by atoms with Crippen molar-refractivity contribution >= 4 is 26.5 Å². The SMILES string of the molecule is O=C(NCC1CCS(=O)(=O)C1)c1n[nH]c(=O)c2ccccc12. The fourth-order valence-corrected chi connectivity index (χ4v) is 4.50. The second-order valence-corrected chi connectivity index (χ2v) is 7.65. The lowest BCUT2D eigenvalue weighted by atomic mass is 10.1. The first-order valence-corrected chi connectivity index (χ1v) is 8.74. The Kier molecular flexibility index (Phi) is 3.69. The molecular formula is C14H15N3O4S. The molecule has 0 radical (unpaired) electrons. The largest absolute Gasteiger partial charge is 0.350 e. The molecule has 0 saturated carbocycles. The van der Waals surface area contributed by atoms with Gasteiger partial charge in [-0.15, -0.1) is 0 Å². The molecule has 0 aliphatic carbocycles. The molecule has 1 amide bonds. The van der Waals surface area contributed by atoms with E-state index in [1.54, 1.807) is 24.3 Å². The summed E-state index contributed by atoms with van der Waals surface area (Å²) in [5.74, 6) is -0.208. The monoisotopic (exact) mass is 321 g/mol. The molecule has 1 aliphatic rings. The fraction of sp³-hybridized carbons (Fsp3) is 0.357. The van der Waals surface area contributed by atoms with Crippen LogP contribution in [0.1, 0.15) is 16.9 Å². The number of amides is 1. The summed E-state index contributed by atoms with van der Waals surface area (Å²) >= 11 is 0. The highest BCUT2D eigenvalue weighted by molar-refractivity contribution is 7.91. The molecule has 0 bridgehead atoms. The van der Waals surface area contributed by atoms with Crippen LogP contribution in [0.15, 0.2) is 29.1 Å². The Morgan fingerprint density at radius 1 is 1.32 bits per heavy atom. The molecule has 3 rings (SSSR count). The predicted molar refractivity (Wildman–Crippen MR) is 81.5 cm³/mol. The average Bonchev–Trinajstić information content (AvgIpc) is 2.85. The van der Waals surface area contributed by atoms with Crippen molar-refractivity contribution in [2.75, 3.05) is 18.1 Å². The van der Waals surface area contributed by atoms with Crippen molar-refractivity contribution in [3.8, 4) is 0 Å². The molecule has 1 aromatic heterocycles. The first kappa shape index (κ1) is 14.7. The Morgan fingerprint density at radius 2 is 2.05 bits per heavy atom. The van der Waals surface area contributed by atoms with E-state index in [0.29, 0.717) is 17.2 Å². The van der Waals surface area contributed by atoms with Gasteiger partial charge in [0.05, 0.1) is 16.9 Å². The van der Waals surface area contributed by atoms with Gasteiger partial charge >= 0.3 is 0 Å². The van der Waals surface area contributed by atoms with E-state index in [1.165, 1.54) is 0 Å². The smallest absolute Gasteiger partial charge is 0.272 e. The first-order valence-electron chi connectivity index (χ1n) is 6.92. The maximum atomic E-state index is 12.2. The number of nitrogens with one attached hydrogen (secondary N) is 2. The van der Waals surface area contributed by atoms with Crippen molar-refractivity contribution in [2.24, 2.45) is 5.92 Å². The van der Waals surface area contributed by atoms with E-state index in [9.17, 15) is 18.0 Å². The van der Waals surface area contributed by atoms with E-state index in [4.69, 9.17) is 0 Å². The summed E-state index contributed by atoms with van der Waals surface area (Å²) in [5.41, 5.74) is -0.218. The number of carbonyl (C=O) groups is 1. The minimum absolute atomic E-state index is 0.0667. The van der Waals surface area contributed by atoms with E-state index in [0.717, 1.165) is 0 Å². The summed E-state index contributed by atoms with van der Waals surface area (Å²) in [7, 11) is -2.96. The molecule has 2 heterocycles. The van der Waals surface area contributed by atoms with E-state index in [1.807, 2.05) is 0 Å². The Morgan fingerprint density at radius 3 is 2.73 bits per heavy atom. The zero-order chi connectivity index (χ0) is 15.7. The Hall–Kier alpha value is -2.22. The van der Waals surface area contributed by atoms with Gasteiger partial charge in [0.2, 0.25) is 0 Å². The molecule has 2 aromatic rings. The van der Waals surface area contributed by atoms with Gasteiger partial charge in [-0.2, -0.15) is 5.10 Å². The normalized spacial score (nSPS) is 20.1. The molecule has 1 atom stereocenters. The second kappa shape index (κ2) is 5.53. The van der Waals surface area contributed by atoms with Gasteiger partial charge < -0.3 is 5.32 Å². The van der Waals surface area contributed by atoms with E-state index in [-0.39, 0.29) is 35.2 Å². The molecule has 1 aliphatic heterocycles. The van der Waals surface area contributed by atoms with Crippen LogP contribution in [-0.2, 0) is 9.84 Å². The highest BCUT2D eigenvalue weighted by atomic mass is 32.2. The van der Waals surface area contributed by atoms with Crippen molar-refractivity contribution in [1.82, 2.24) is 15.5 Å². The van der Waals surface area contributed by atoms with Gasteiger partial charge in [-0.1, -0.05) is 18.2 Å². The molecule has 22 heavy (non-hydrogen) atoms. The number of hydrogen-bond donors (Lipinski definition) is 2. The number of carbonyl (C=O) groups excluding carboxylic acids is 1. The summed E-state index contributed by atoms with van der Waals surface area (Å²) in [6.45, 7) is 0.285. The molecule has 116 valence electrons. The van der Waals surface area contributed by atoms with E-state index < -0.39 is 15.7 Å². The third-order valence-corrected chi connectivity index (χ3v) is 5.63. The number of aromatic nitrogens is 2. The van der Waals surface area contributed by atoms with Crippen LogP contribution in [-0.4, -0.2) is 42.6 Å². The molecule has 8 heteroatoms. The Labute approximate surface area is 126 Å². The number of fused-ring (bicyclic) bond motifs is 1. The third kappa shape index (κ3) is 2.87. The van der Waals surface area contributed by atoms with Gasteiger partial charge in [0, 0.05) is 11.9 Å². The van der Waals surface area contributed by atoms with Crippen molar-refractivity contribution in [1.29, 1.82) is 0 Å². The van der Waals surface area contributed by atoms with Crippen molar-refractivity contribution in [3.63, 3.8) is 0 Å². The van der Waals surface area contributed by atoms with Crippen LogP contribution in [0.3, 0.4) is 0 Å². The molecule has 0 spiro atoms. The Bertz CT molecular complexity index is 888. The van der Waals surface area contributed by atoms with Gasteiger partial charge in [-0.3, -0.25) is 9.59 Å². The number of sulfone groups is 1. The standard InChI is InChI=1S/C14H15N3O4S/c18-13-11-4-2-1-3-10(11)12(16-17-13)14(19)15-7-9-5-6-22(20,21)8-9/h1-4,9H,5-8H2,(H,15,19)(H,17,18). The number of H-pyrrole nitrogens is 1. The number of rotatable bonds is 3. The van der Waals surface area contributed by atoms with Crippen LogP contribution in [0.2, 0.25) is 0 Å². The maximum Gasteiger partial charge on any atom is 0.272 e. The molecule has 1 unspecified atom stereocenters. The molecule has 1 saturated heterocycles. The summed E-state index contributed by atoms with van der Waals surface area (Å²) < 4.78 is 22.8. The number of aromatic amines is 1. The van der Waals surface area contributed by atoms with Crippen LogP contribution in [0.25, 0.3) is 10.8 Å². The maximum absolute atomic E-state index is 12.2. The lowest BCUT2D eigenvalue weighted by molar-refractivity contribution is 0.0944. The minimum Gasteiger partial charge on any atom is -0.350 e. The van der Waals surface area contributed by atoms with Gasteiger partial charge in [-0.05, 0) is 18.4 Å². The van der Waals surface area contributed by atoms with Gasteiger partial charge in [0.15, 0.2) is 15.5 Å². The van der Waals surface area contributed by atoms with Gasteiger partial charge in [-0.25, -0.2) is 13.5 Å². The number of hydrogen-bond acceptors (Lipinski definition) is 5. The highest BCUT2D eigenvalue weighted by Crippen LogP contribution is 2.18. The molecule has 1 fully saturated rings. The summed E-state index contributed by atoms with van der Waals surface area (Å²) in [6, 6.07) is 6.72. The quantitative estimate of drug-likeness (QED) is 0.832. The number of nitrogens with zero attached hydrogens (tertiary/aromatic N) is 1. The van der Waals surface area contributed by atoms with E-state index >= 15 is 0 Å². The van der Waals surface area contributed by atoms with Crippen LogP contribution in [0.5, 0.6) is 0 Å². The minimum atomic E-state index is -2.96. The Balaban J connectivity index is 1.79. The summed E-state index contributed by atoms with van der Waals surface area (Å²) in [4.78, 5) is 23.9. The lowest BCUT2D eigenvalue weighted by Crippen LogP contribution is -2.31. The topological polar surface area (TPSA) is 109 Å². The van der Waals surface area contributed by atoms with Crippen LogP contribution in [0.4, 0.5) is 0 Å². The van der Waals surface area contributed by atoms with Crippen LogP contribution < -0.4 is 10.9 Å².